The van der Waals surface area contributed by atoms with E-state index in [1.165, 1.54) is 0 Å². The number of aliphatic hydroxyl groups excluding tert-OH is 1. The fourth-order valence-electron chi connectivity index (χ4n) is 1.28. The summed E-state index contributed by atoms with van der Waals surface area (Å²) in [6.07, 6.45) is 1.85. The Labute approximate surface area is 79.7 Å². The summed E-state index contributed by atoms with van der Waals surface area (Å²) < 4.78 is 3.49. The van der Waals surface area contributed by atoms with Gasteiger partial charge in [0, 0.05) is 0 Å². The minimum atomic E-state index is -1.96. The van der Waals surface area contributed by atoms with Gasteiger partial charge in [-0.15, -0.1) is 0 Å². The molecule has 0 aromatic carbocycles. The number of carbonyl (C=O) groups excluding carboxylic acids is 1. The van der Waals surface area contributed by atoms with Crippen LogP contribution in [0.4, 0.5) is 0 Å². The maximum atomic E-state index is 11.2. The first-order valence-corrected chi connectivity index (χ1v) is 9.80. The fraction of sp³-hybridized carbons (Fsp3) is 0.375. The van der Waals surface area contributed by atoms with Gasteiger partial charge in [-0.3, -0.25) is 0 Å². The third-order valence-electron chi connectivity index (χ3n) is 2.14. The van der Waals surface area contributed by atoms with Crippen molar-refractivity contribution in [1.29, 1.82) is 0 Å². The third kappa shape index (κ3) is 1.75. The maximum absolute atomic E-state index is 11.2. The molecule has 2 N–H and O–H groups in total. The molecule has 1 aliphatic rings. The van der Waals surface area contributed by atoms with Crippen LogP contribution in [0.15, 0.2) is 18.8 Å². The second kappa shape index (κ2) is 4.14. The normalized spacial score (nSPS) is 15.8. The van der Waals surface area contributed by atoms with Crippen molar-refractivity contribution in [3.05, 3.63) is 18.8 Å². The molecule has 1 heterocycles. The molecule has 1 aliphatic heterocycles. The number of likely N-dealkylation sites (N-methyl/N-ethyl adjacent to an activating group) is 1. The van der Waals surface area contributed by atoms with Crippen molar-refractivity contribution in [2.24, 2.45) is 0 Å². The molecule has 0 radical (unpaired) electrons. The van der Waals surface area contributed by atoms with Gasteiger partial charge >= 0.3 is 79.7 Å². The van der Waals surface area contributed by atoms with E-state index in [0.29, 0.717) is 0 Å². The van der Waals surface area contributed by atoms with Crippen LogP contribution in [0, 0.1) is 0 Å². The Balaban J connectivity index is 2.85. The predicted octanol–water partition coefficient (Wildman–Crippen LogP) is -0.277. The molecule has 0 aromatic rings. The van der Waals surface area contributed by atoms with Gasteiger partial charge in [0.15, 0.2) is 0 Å². The monoisotopic (exact) mass is 269 g/mol. The van der Waals surface area contributed by atoms with Crippen LogP contribution in [0.3, 0.4) is 0 Å². The summed E-state index contributed by atoms with van der Waals surface area (Å²) in [6, 6.07) is 0. The van der Waals surface area contributed by atoms with Crippen molar-refractivity contribution in [3.8, 4) is 0 Å². The first-order valence-electron chi connectivity index (χ1n) is 3.92. The van der Waals surface area contributed by atoms with Gasteiger partial charge in [-0.05, 0) is 0 Å². The van der Waals surface area contributed by atoms with Crippen LogP contribution in [-0.4, -0.2) is 43.9 Å². The van der Waals surface area contributed by atoms with Crippen LogP contribution >= 0.6 is 0 Å². The SMILES string of the molecule is CNC(=O)C1=[C](C)[In]([CH2]O)[CH]=C1. The van der Waals surface area contributed by atoms with Gasteiger partial charge in [-0.25, -0.2) is 0 Å². The molecular formula is C8H12InNO2. The zero-order valence-electron chi connectivity index (χ0n) is 7.29. The summed E-state index contributed by atoms with van der Waals surface area (Å²) in [6.45, 7) is 1.96. The number of allylic oxidation sites excluding steroid dienone is 1. The Bertz CT molecular complexity index is 258. The molecule has 64 valence electrons. The summed E-state index contributed by atoms with van der Waals surface area (Å²) in [4.78, 5) is 11.2. The average Bonchev–Trinajstić information content (AvgIpc) is 2.45. The van der Waals surface area contributed by atoms with Gasteiger partial charge < -0.3 is 0 Å². The van der Waals surface area contributed by atoms with Crippen molar-refractivity contribution >= 4 is 27.3 Å². The van der Waals surface area contributed by atoms with Gasteiger partial charge in [-0.1, -0.05) is 0 Å². The molecule has 0 saturated heterocycles. The number of carbonyl (C=O) groups is 1. The molecule has 3 nitrogen and oxygen atoms in total. The fourth-order valence-corrected chi connectivity index (χ4v) is 6.23. The molecule has 1 amide bonds. The Morgan fingerprint density at radius 1 is 1.75 bits per heavy atom. The number of rotatable bonds is 2. The molecule has 0 fully saturated rings. The molecule has 0 saturated carbocycles. The second-order valence-electron chi connectivity index (χ2n) is 2.82. The van der Waals surface area contributed by atoms with Gasteiger partial charge in [0.1, 0.15) is 0 Å². The summed E-state index contributed by atoms with van der Waals surface area (Å²) >= 11 is -1.96. The van der Waals surface area contributed by atoms with E-state index >= 15 is 0 Å². The van der Waals surface area contributed by atoms with Gasteiger partial charge in [-0.2, -0.15) is 0 Å². The molecule has 0 aromatic heterocycles. The van der Waals surface area contributed by atoms with E-state index in [-0.39, 0.29) is 10.3 Å². The van der Waals surface area contributed by atoms with Crippen molar-refractivity contribution in [3.63, 3.8) is 0 Å². The van der Waals surface area contributed by atoms with Crippen molar-refractivity contribution < 1.29 is 9.90 Å². The Hall–Kier alpha value is -0.220. The number of amides is 1. The molecule has 0 bridgehead atoms. The molecule has 1 rings (SSSR count). The Morgan fingerprint density at radius 3 is 2.83 bits per heavy atom. The second-order valence-corrected chi connectivity index (χ2v) is 10.9. The van der Waals surface area contributed by atoms with Crippen molar-refractivity contribution in [2.75, 3.05) is 11.4 Å². The van der Waals surface area contributed by atoms with E-state index < -0.39 is 21.4 Å². The summed E-state index contributed by atoms with van der Waals surface area (Å²) in [5.74, 6) is -0.0311. The zero-order valence-corrected chi connectivity index (χ0v) is 10.6. The number of aliphatic hydroxyl groups is 1. The number of nitrogens with one attached hydrogen (secondary N) is 1. The van der Waals surface area contributed by atoms with Gasteiger partial charge in [0.2, 0.25) is 0 Å². The molecule has 0 aliphatic carbocycles. The standard InChI is InChI=1S/C7H9NO.CH3O.In/c1-4-6(5-2)7(9)8-3;1-2;/h1,4H,2-3H3,(H,8,9);2H,1H2;. The zero-order chi connectivity index (χ0) is 9.14. The average molecular weight is 269 g/mol. The number of hydrogen-bond donors (Lipinski definition) is 2. The van der Waals surface area contributed by atoms with Crippen LogP contribution in [0.2, 0.25) is 0 Å². The van der Waals surface area contributed by atoms with E-state index in [9.17, 15) is 4.79 Å². The van der Waals surface area contributed by atoms with Crippen LogP contribution in [-0.2, 0) is 4.79 Å². The van der Waals surface area contributed by atoms with E-state index in [4.69, 9.17) is 5.11 Å². The minimum absolute atomic E-state index is 0.0311. The Kier molecular flexibility index (Phi) is 3.40. The molecule has 0 atom stereocenters. The summed E-state index contributed by atoms with van der Waals surface area (Å²) in [5, 5.41) is 11.6. The van der Waals surface area contributed by atoms with E-state index in [1.54, 1.807) is 7.05 Å². The topological polar surface area (TPSA) is 49.3 Å². The third-order valence-corrected chi connectivity index (χ3v) is 9.21. The van der Waals surface area contributed by atoms with Gasteiger partial charge in [0.05, 0.1) is 0 Å². The van der Waals surface area contributed by atoms with E-state index in [2.05, 4.69) is 9.15 Å². The Morgan fingerprint density at radius 2 is 2.42 bits per heavy atom. The summed E-state index contributed by atoms with van der Waals surface area (Å²) in [7, 11) is 1.62. The first-order chi connectivity index (χ1) is 5.70. The molecule has 12 heavy (non-hydrogen) atoms. The number of hydrogen-bond acceptors (Lipinski definition) is 2. The van der Waals surface area contributed by atoms with Crippen LogP contribution in [0.1, 0.15) is 6.92 Å². The van der Waals surface area contributed by atoms with Crippen molar-refractivity contribution in [1.82, 2.24) is 5.32 Å². The molecule has 0 spiro atoms. The molecular weight excluding hydrogens is 257 g/mol. The molecule has 0 unspecified atom stereocenters. The van der Waals surface area contributed by atoms with E-state index in [0.717, 1.165) is 8.90 Å². The van der Waals surface area contributed by atoms with Gasteiger partial charge in [0.25, 0.3) is 0 Å². The van der Waals surface area contributed by atoms with E-state index in [1.807, 2.05) is 13.0 Å². The van der Waals surface area contributed by atoms with Crippen LogP contribution < -0.4 is 5.32 Å². The predicted molar refractivity (Wildman–Crippen MR) is 48.7 cm³/mol. The summed E-state index contributed by atoms with van der Waals surface area (Å²) in [5.41, 5.74) is 0.771. The molecule has 4 heteroatoms. The van der Waals surface area contributed by atoms with Crippen LogP contribution in [0.25, 0.3) is 0 Å². The first kappa shape index (κ1) is 9.87. The quantitative estimate of drug-likeness (QED) is 0.724. The van der Waals surface area contributed by atoms with Crippen molar-refractivity contribution in [2.45, 2.75) is 6.92 Å². The van der Waals surface area contributed by atoms with Crippen LogP contribution in [0.5, 0.6) is 0 Å².